The number of carbonyl (C=O) groups is 1. The lowest BCUT2D eigenvalue weighted by molar-refractivity contribution is -0.123. The van der Waals surface area contributed by atoms with Gasteiger partial charge in [0.05, 0.1) is 11.4 Å². The van der Waals surface area contributed by atoms with Crippen molar-refractivity contribution in [3.8, 4) is 16.2 Å². The Labute approximate surface area is 223 Å². The van der Waals surface area contributed by atoms with Crippen molar-refractivity contribution in [1.82, 2.24) is 15.3 Å². The van der Waals surface area contributed by atoms with Crippen molar-refractivity contribution in [3.63, 3.8) is 0 Å². The third-order valence-electron chi connectivity index (χ3n) is 5.63. The Bertz CT molecular complexity index is 1370. The van der Waals surface area contributed by atoms with Gasteiger partial charge in [-0.2, -0.15) is 4.98 Å². The summed E-state index contributed by atoms with van der Waals surface area (Å²) in [5, 5.41) is 4.55. The summed E-state index contributed by atoms with van der Waals surface area (Å²) in [6, 6.07) is 15.2. The fraction of sp³-hybridized carbons (Fsp3) is 0.208. The Kier molecular flexibility index (Phi) is 6.94. The number of ether oxygens (including phenoxy) is 1. The first-order valence-corrected chi connectivity index (χ1v) is 13.2. The number of nitrogens with two attached hydrogens (primary N) is 1. The van der Waals surface area contributed by atoms with Crippen molar-refractivity contribution in [2.24, 2.45) is 0 Å². The summed E-state index contributed by atoms with van der Waals surface area (Å²) in [4.78, 5) is 25.3. The highest BCUT2D eigenvalue weighted by Gasteiger charge is 2.35. The third kappa shape index (κ3) is 5.29. The van der Waals surface area contributed by atoms with Crippen LogP contribution in [0.25, 0.3) is 20.7 Å². The number of amides is 1. The number of fused-ring (bicyclic) bond motifs is 1. The molecule has 2 atom stereocenters. The summed E-state index contributed by atoms with van der Waals surface area (Å²) in [7, 11) is 0. The van der Waals surface area contributed by atoms with Crippen LogP contribution < -0.4 is 20.7 Å². The molecule has 3 N–H and O–H groups in total. The van der Waals surface area contributed by atoms with E-state index < -0.39 is 0 Å². The summed E-state index contributed by atoms with van der Waals surface area (Å²) >= 11 is 9.69. The van der Waals surface area contributed by atoms with Crippen LogP contribution in [0.15, 0.2) is 54.6 Å². The molecule has 7 nitrogen and oxygen atoms in total. The molecule has 1 aliphatic rings. The second kappa shape index (κ2) is 10.1. The zero-order valence-electron chi connectivity index (χ0n) is 18.2. The number of halogens is 3. The minimum absolute atomic E-state index is 0.0428. The topological polar surface area (TPSA) is 93.4 Å². The van der Waals surface area contributed by atoms with Crippen molar-refractivity contribution < 1.29 is 13.9 Å². The molecule has 2 aromatic carbocycles. The van der Waals surface area contributed by atoms with Crippen LogP contribution in [0, 0.1) is 5.82 Å². The predicted molar refractivity (Wildman–Crippen MR) is 146 cm³/mol. The molecule has 2 aromatic heterocycles. The van der Waals surface area contributed by atoms with Crippen molar-refractivity contribution >= 4 is 73.4 Å². The molecule has 2 unspecified atom stereocenters. The Balaban J connectivity index is 1.31. The van der Waals surface area contributed by atoms with Crippen molar-refractivity contribution in [3.05, 3.63) is 65.4 Å². The Morgan fingerprint density at radius 2 is 1.97 bits per heavy atom. The molecule has 180 valence electrons. The highest BCUT2D eigenvalue weighted by Crippen LogP contribution is 2.39. The molecule has 4 aromatic rings. The quantitative estimate of drug-likeness (QED) is 0.173. The number of alkyl halides is 1. The molecule has 0 bridgehead atoms. The monoisotopic (exact) mass is 623 g/mol. The number of nitrogens with one attached hydrogen (secondary N) is 1. The average molecular weight is 624 g/mol. The minimum atomic E-state index is -0.281. The standard InChI is InChI=1S/C24H20ClFIN5O2S/c25-14-3-7-16(8-4-14)34-12-20(33)29-18-9-10-32(21(18)27)22-17-11-19(13-1-5-15(26)6-2-13)35-23(17)31-24(28)30-22/h1-8,11,18,21H,9-10,12H2,(H,29,33)(H2,28,30,31). The lowest BCUT2D eigenvalue weighted by Crippen LogP contribution is -2.43. The fourth-order valence-corrected chi connectivity index (χ4v) is 6.19. The van der Waals surface area contributed by atoms with Crippen LogP contribution in [0.4, 0.5) is 16.2 Å². The van der Waals surface area contributed by atoms with Gasteiger partial charge in [0.25, 0.3) is 5.91 Å². The van der Waals surface area contributed by atoms with Crippen molar-refractivity contribution in [2.75, 3.05) is 23.8 Å². The smallest absolute Gasteiger partial charge is 0.258 e. The molecule has 0 saturated carbocycles. The maximum atomic E-state index is 13.4. The van der Waals surface area contributed by atoms with Gasteiger partial charge >= 0.3 is 0 Å². The molecule has 5 rings (SSSR count). The number of hydrogen-bond acceptors (Lipinski definition) is 7. The number of benzene rings is 2. The Morgan fingerprint density at radius 1 is 1.23 bits per heavy atom. The second-order valence-electron chi connectivity index (χ2n) is 8.01. The zero-order chi connectivity index (χ0) is 24.5. The number of thiophene rings is 1. The molecule has 0 spiro atoms. The molecule has 1 amide bonds. The van der Waals surface area contributed by atoms with Gasteiger partial charge in [0.15, 0.2) is 6.61 Å². The van der Waals surface area contributed by atoms with Gasteiger partial charge in [-0.1, -0.05) is 46.3 Å². The molecular formula is C24H20ClFIN5O2S. The van der Waals surface area contributed by atoms with Gasteiger partial charge in [0.2, 0.25) is 5.95 Å². The van der Waals surface area contributed by atoms with Crippen molar-refractivity contribution in [1.29, 1.82) is 0 Å². The van der Waals surface area contributed by atoms with E-state index in [1.54, 1.807) is 36.4 Å². The van der Waals surface area contributed by atoms with Gasteiger partial charge in [-0.25, -0.2) is 9.37 Å². The molecule has 1 saturated heterocycles. The van der Waals surface area contributed by atoms with E-state index in [2.05, 4.69) is 42.8 Å². The second-order valence-corrected chi connectivity index (χ2v) is 10.8. The third-order valence-corrected chi connectivity index (χ3v) is 8.50. The number of carbonyl (C=O) groups excluding carboxylic acids is 1. The molecule has 11 heteroatoms. The molecule has 35 heavy (non-hydrogen) atoms. The molecule has 1 fully saturated rings. The Morgan fingerprint density at radius 3 is 2.71 bits per heavy atom. The number of aromatic nitrogens is 2. The van der Waals surface area contributed by atoms with E-state index in [-0.39, 0.29) is 34.4 Å². The summed E-state index contributed by atoms with van der Waals surface area (Å²) in [5.41, 5.74) is 6.94. The number of rotatable bonds is 6. The number of hydrogen-bond donors (Lipinski definition) is 2. The molecule has 0 radical (unpaired) electrons. The maximum Gasteiger partial charge on any atom is 0.258 e. The number of nitrogen functional groups attached to an aromatic ring is 1. The highest BCUT2D eigenvalue weighted by atomic mass is 127. The van der Waals surface area contributed by atoms with Crippen molar-refractivity contribution in [2.45, 2.75) is 16.5 Å². The van der Waals surface area contributed by atoms with Gasteiger partial charge in [-0.3, -0.25) is 4.79 Å². The summed E-state index contributed by atoms with van der Waals surface area (Å²) < 4.78 is 18.9. The average Bonchev–Trinajstić information content (AvgIpc) is 3.42. The zero-order valence-corrected chi connectivity index (χ0v) is 22.0. The van der Waals surface area contributed by atoms with E-state index in [0.717, 1.165) is 32.9 Å². The summed E-state index contributed by atoms with van der Waals surface area (Å²) in [6.07, 6.45) is 0.751. The first-order chi connectivity index (χ1) is 16.9. The largest absolute Gasteiger partial charge is 0.484 e. The van der Waals surface area contributed by atoms with Gasteiger partial charge in [-0.05, 0) is 54.4 Å². The van der Waals surface area contributed by atoms with Gasteiger partial charge in [0, 0.05) is 16.4 Å². The molecular weight excluding hydrogens is 604 g/mol. The summed E-state index contributed by atoms with van der Waals surface area (Å²) in [5.74, 6) is 1.01. The maximum absolute atomic E-state index is 13.4. The first-order valence-electron chi connectivity index (χ1n) is 10.8. The van der Waals surface area contributed by atoms with E-state index in [0.29, 0.717) is 17.3 Å². The van der Waals surface area contributed by atoms with E-state index >= 15 is 0 Å². The van der Waals surface area contributed by atoms with Crippen LogP contribution in [0.3, 0.4) is 0 Å². The number of anilines is 2. The lowest BCUT2D eigenvalue weighted by atomic mass is 10.2. The normalized spacial score (nSPS) is 17.6. The molecule has 1 aliphatic heterocycles. The molecule has 3 heterocycles. The SMILES string of the molecule is Nc1nc(N2CCC(NC(=O)COc3ccc(Cl)cc3)C2I)c2cc(-c3ccc(F)cc3)sc2n1. The van der Waals surface area contributed by atoms with E-state index in [9.17, 15) is 9.18 Å². The van der Waals surface area contributed by atoms with E-state index in [1.165, 1.54) is 23.5 Å². The van der Waals surface area contributed by atoms with Crippen LogP contribution >= 0.6 is 45.5 Å². The highest BCUT2D eigenvalue weighted by molar-refractivity contribution is 14.1. The van der Waals surface area contributed by atoms with Gasteiger partial charge < -0.3 is 20.7 Å². The first kappa shape index (κ1) is 24.0. The predicted octanol–water partition coefficient (Wildman–Crippen LogP) is 5.27. The number of nitrogens with zero attached hydrogens (tertiary/aromatic N) is 3. The van der Waals surface area contributed by atoms with Crippen LogP contribution in [0.1, 0.15) is 6.42 Å². The van der Waals surface area contributed by atoms with Gasteiger partial charge in [0.1, 0.15) is 26.3 Å². The Hall–Kier alpha value is -2.70. The van der Waals surface area contributed by atoms with E-state index in [4.69, 9.17) is 22.1 Å². The van der Waals surface area contributed by atoms with Crippen LogP contribution in [-0.2, 0) is 4.79 Å². The lowest BCUT2D eigenvalue weighted by Gasteiger charge is -2.25. The van der Waals surface area contributed by atoms with E-state index in [1.807, 2.05) is 6.07 Å². The minimum Gasteiger partial charge on any atom is -0.484 e. The van der Waals surface area contributed by atoms with Crippen LogP contribution in [-0.4, -0.2) is 39.1 Å². The fourth-order valence-electron chi connectivity index (χ4n) is 3.95. The summed E-state index contributed by atoms with van der Waals surface area (Å²) in [6.45, 7) is 0.613. The molecule has 0 aliphatic carbocycles. The van der Waals surface area contributed by atoms with Gasteiger partial charge in [-0.15, -0.1) is 11.3 Å². The van der Waals surface area contributed by atoms with Crippen LogP contribution in [0.5, 0.6) is 5.75 Å². The van der Waals surface area contributed by atoms with Crippen LogP contribution in [0.2, 0.25) is 5.02 Å².